The number of hydrogen-bond acceptors (Lipinski definition) is 3. The number of carbonyl (C=O) groups excluding carboxylic acids is 1. The molecule has 0 spiro atoms. The molecular weight excluding hydrogens is 258 g/mol. The molecule has 96 valence electrons. The fourth-order valence-corrected chi connectivity index (χ4v) is 3.36. The normalized spacial score (nSPS) is 14.8. The van der Waals surface area contributed by atoms with Crippen molar-refractivity contribution in [2.24, 2.45) is 0 Å². The van der Waals surface area contributed by atoms with Gasteiger partial charge < -0.3 is 5.32 Å². The lowest BCUT2D eigenvalue weighted by Crippen LogP contribution is -2.19. The number of carbonyl (C=O) groups is 1. The number of amides is 1. The second-order valence-electron chi connectivity index (χ2n) is 4.17. The highest BCUT2D eigenvalue weighted by molar-refractivity contribution is 7.16. The minimum atomic E-state index is -3.06. The summed E-state index contributed by atoms with van der Waals surface area (Å²) < 4.78 is 24.4. The molecule has 6 heteroatoms. The van der Waals surface area contributed by atoms with E-state index in [4.69, 9.17) is 5.26 Å². The van der Waals surface area contributed by atoms with Crippen molar-refractivity contribution in [2.45, 2.75) is 38.5 Å². The zero-order chi connectivity index (χ0) is 13.1. The number of nitrogens with zero attached hydrogens (tertiary/aromatic N) is 1. The van der Waals surface area contributed by atoms with E-state index in [-0.39, 0.29) is 5.00 Å². The molecule has 0 radical (unpaired) electrons. The molecule has 0 unspecified atom stereocenters. The number of fused-ring (bicyclic) bond motifs is 1. The third-order valence-corrected chi connectivity index (χ3v) is 4.18. The number of nitriles is 1. The summed E-state index contributed by atoms with van der Waals surface area (Å²) in [5.41, 5.74) is 1.30. The van der Waals surface area contributed by atoms with Crippen LogP contribution in [0.1, 0.15) is 35.3 Å². The van der Waals surface area contributed by atoms with Crippen LogP contribution in [-0.4, -0.2) is 12.3 Å². The Hall–Kier alpha value is -1.48. The number of rotatable bonds is 2. The van der Waals surface area contributed by atoms with Gasteiger partial charge in [0.2, 0.25) is 0 Å². The Bertz CT molecular complexity index is 505. The van der Waals surface area contributed by atoms with E-state index in [1.165, 1.54) is 11.3 Å². The minimum Gasteiger partial charge on any atom is -0.312 e. The average molecular weight is 270 g/mol. The predicted octanol–water partition coefficient (Wildman–Crippen LogP) is 3.09. The van der Waals surface area contributed by atoms with Gasteiger partial charge in [-0.2, -0.15) is 14.0 Å². The Balaban J connectivity index is 2.32. The molecule has 3 nitrogen and oxygen atoms in total. The lowest BCUT2D eigenvalue weighted by Gasteiger charge is -2.02. The van der Waals surface area contributed by atoms with E-state index in [0.29, 0.717) is 5.56 Å². The first-order valence-corrected chi connectivity index (χ1v) is 6.58. The average Bonchev–Trinajstić information content (AvgIpc) is 2.50. The number of anilines is 1. The number of halogens is 2. The van der Waals surface area contributed by atoms with Crippen LogP contribution in [0, 0.1) is 11.3 Å². The van der Waals surface area contributed by atoms with Crippen molar-refractivity contribution in [1.29, 1.82) is 5.26 Å². The van der Waals surface area contributed by atoms with Gasteiger partial charge in [0.25, 0.3) is 5.91 Å². The van der Waals surface area contributed by atoms with Crippen molar-refractivity contribution < 1.29 is 13.6 Å². The van der Waals surface area contributed by atoms with E-state index >= 15 is 0 Å². The van der Waals surface area contributed by atoms with Crippen LogP contribution in [0.5, 0.6) is 0 Å². The molecule has 1 aliphatic carbocycles. The van der Waals surface area contributed by atoms with Gasteiger partial charge in [-0.1, -0.05) is 6.42 Å². The molecule has 0 atom stereocenters. The minimum absolute atomic E-state index is 0.273. The number of thiophene rings is 1. The zero-order valence-electron chi connectivity index (χ0n) is 9.63. The summed E-state index contributed by atoms with van der Waals surface area (Å²) in [6.07, 6.45) is 1.75. The first-order chi connectivity index (χ1) is 8.63. The maximum absolute atomic E-state index is 12.2. The van der Waals surface area contributed by atoms with Gasteiger partial charge in [-0.25, -0.2) is 0 Å². The summed E-state index contributed by atoms with van der Waals surface area (Å²) in [4.78, 5) is 12.0. The highest BCUT2D eigenvalue weighted by atomic mass is 32.1. The number of hydrogen-bond donors (Lipinski definition) is 1. The maximum Gasteiger partial charge on any atom is 0.315 e. The van der Waals surface area contributed by atoms with Gasteiger partial charge in [0.15, 0.2) is 0 Å². The molecule has 0 aliphatic heterocycles. The molecule has 0 saturated carbocycles. The van der Waals surface area contributed by atoms with Gasteiger partial charge in [-0.3, -0.25) is 4.79 Å². The summed E-state index contributed by atoms with van der Waals surface area (Å²) in [7, 11) is 0. The van der Waals surface area contributed by atoms with Crippen LogP contribution < -0.4 is 5.32 Å². The van der Waals surface area contributed by atoms with Crippen molar-refractivity contribution in [3.8, 4) is 6.07 Å². The third kappa shape index (κ3) is 2.51. The van der Waals surface area contributed by atoms with Gasteiger partial charge in [0.1, 0.15) is 11.1 Å². The molecule has 0 saturated heterocycles. The summed E-state index contributed by atoms with van der Waals surface area (Å²) in [5.74, 6) is -1.34. The predicted molar refractivity (Wildman–Crippen MR) is 64.9 cm³/mol. The highest BCUT2D eigenvalue weighted by Gasteiger charge is 2.23. The van der Waals surface area contributed by atoms with E-state index in [1.807, 2.05) is 6.07 Å². The van der Waals surface area contributed by atoms with Crippen LogP contribution in [0.2, 0.25) is 0 Å². The van der Waals surface area contributed by atoms with Gasteiger partial charge in [-0.05, 0) is 31.2 Å². The van der Waals surface area contributed by atoms with Crippen LogP contribution in [-0.2, 0) is 17.6 Å². The summed E-state index contributed by atoms with van der Waals surface area (Å²) in [6, 6.07) is 2.03. The van der Waals surface area contributed by atoms with E-state index in [0.717, 1.165) is 42.5 Å². The summed E-state index contributed by atoms with van der Waals surface area (Å²) >= 11 is 1.26. The van der Waals surface area contributed by atoms with Gasteiger partial charge >= 0.3 is 6.43 Å². The molecule has 1 amide bonds. The van der Waals surface area contributed by atoms with Crippen LogP contribution in [0.3, 0.4) is 0 Å². The van der Waals surface area contributed by atoms with Gasteiger partial charge in [-0.15, -0.1) is 11.3 Å². The zero-order valence-corrected chi connectivity index (χ0v) is 10.4. The van der Waals surface area contributed by atoms with Crippen molar-refractivity contribution in [2.75, 3.05) is 5.32 Å². The number of alkyl halides is 2. The fraction of sp³-hybridized carbons (Fsp3) is 0.500. The van der Waals surface area contributed by atoms with Gasteiger partial charge in [0.05, 0.1) is 5.56 Å². The monoisotopic (exact) mass is 270 g/mol. The number of aryl methyl sites for hydroxylation is 1. The molecule has 1 N–H and O–H groups in total. The molecule has 1 aliphatic rings. The Morgan fingerprint density at radius 2 is 2.06 bits per heavy atom. The van der Waals surface area contributed by atoms with Crippen molar-refractivity contribution in [3.05, 3.63) is 16.0 Å². The molecule has 0 aromatic carbocycles. The van der Waals surface area contributed by atoms with Crippen LogP contribution >= 0.6 is 11.3 Å². The van der Waals surface area contributed by atoms with Crippen LogP contribution in [0.15, 0.2) is 0 Å². The first-order valence-electron chi connectivity index (χ1n) is 5.77. The van der Waals surface area contributed by atoms with E-state index in [9.17, 15) is 13.6 Å². The lowest BCUT2D eigenvalue weighted by molar-refractivity contribution is -0.126. The van der Waals surface area contributed by atoms with E-state index in [1.54, 1.807) is 0 Å². The lowest BCUT2D eigenvalue weighted by atomic mass is 10.1. The van der Waals surface area contributed by atoms with Crippen molar-refractivity contribution in [1.82, 2.24) is 0 Å². The Morgan fingerprint density at radius 3 is 2.72 bits per heavy atom. The summed E-state index contributed by atoms with van der Waals surface area (Å²) in [6.45, 7) is 0. The first kappa shape index (κ1) is 13.0. The molecule has 1 aromatic rings. The van der Waals surface area contributed by atoms with Crippen molar-refractivity contribution in [3.63, 3.8) is 0 Å². The van der Waals surface area contributed by atoms with E-state index < -0.39 is 12.3 Å². The molecule has 0 fully saturated rings. The number of nitrogens with one attached hydrogen (secondary N) is 1. The fourth-order valence-electron chi connectivity index (χ4n) is 2.12. The molecule has 1 aromatic heterocycles. The molecule has 18 heavy (non-hydrogen) atoms. The molecule has 2 rings (SSSR count). The second-order valence-corrected chi connectivity index (χ2v) is 5.28. The molecule has 1 heterocycles. The van der Waals surface area contributed by atoms with Gasteiger partial charge in [0, 0.05) is 4.88 Å². The molecular formula is C12H12F2N2OS. The highest BCUT2D eigenvalue weighted by Crippen LogP contribution is 2.37. The third-order valence-electron chi connectivity index (χ3n) is 2.97. The van der Waals surface area contributed by atoms with E-state index in [2.05, 4.69) is 5.32 Å². The van der Waals surface area contributed by atoms with Crippen LogP contribution in [0.25, 0.3) is 0 Å². The Labute approximate surface area is 107 Å². The van der Waals surface area contributed by atoms with Crippen LogP contribution in [0.4, 0.5) is 13.8 Å². The topological polar surface area (TPSA) is 52.9 Å². The maximum atomic E-state index is 12.2. The quantitative estimate of drug-likeness (QED) is 0.839. The Kier molecular flexibility index (Phi) is 3.92. The Morgan fingerprint density at radius 1 is 1.33 bits per heavy atom. The second kappa shape index (κ2) is 5.44. The standard InChI is InChI=1S/C12H12F2N2OS/c13-10(14)11(17)16-12-8(6-15)7-4-2-1-3-5-9(7)18-12/h10H,1-5H2,(H,16,17). The molecule has 0 bridgehead atoms. The SMILES string of the molecule is N#Cc1c(NC(=O)C(F)F)sc2c1CCCCC2. The largest absolute Gasteiger partial charge is 0.315 e. The summed E-state index contributed by atoms with van der Waals surface area (Å²) in [5, 5.41) is 11.5. The smallest absolute Gasteiger partial charge is 0.312 e. The van der Waals surface area contributed by atoms with Crippen molar-refractivity contribution >= 4 is 22.2 Å².